The minimum absolute atomic E-state index is 0.00641. The lowest BCUT2D eigenvalue weighted by molar-refractivity contribution is -0.129. The number of para-hydroxylation sites is 1. The summed E-state index contributed by atoms with van der Waals surface area (Å²) in [6, 6.07) is 14.0. The van der Waals surface area contributed by atoms with Crippen molar-refractivity contribution < 1.29 is 13.9 Å². The fourth-order valence-electron chi connectivity index (χ4n) is 3.50. The first-order valence-electron chi connectivity index (χ1n) is 8.82. The Hall–Kier alpha value is -2.66. The van der Waals surface area contributed by atoms with E-state index in [0.29, 0.717) is 18.7 Å². The average Bonchev–Trinajstić information content (AvgIpc) is 2.68. The molecule has 0 N–H and O–H groups in total. The van der Waals surface area contributed by atoms with Gasteiger partial charge in [0.15, 0.2) is 0 Å². The highest BCUT2D eigenvalue weighted by molar-refractivity contribution is 6.06. The fraction of sp³-hybridized carbons (Fsp3) is 0.286. The van der Waals surface area contributed by atoms with Crippen molar-refractivity contribution in [3.63, 3.8) is 0 Å². The van der Waals surface area contributed by atoms with Crippen molar-refractivity contribution in [2.75, 3.05) is 39.8 Å². The van der Waals surface area contributed by atoms with Crippen LogP contribution in [0.2, 0.25) is 0 Å². The summed E-state index contributed by atoms with van der Waals surface area (Å²) >= 11 is 0. The van der Waals surface area contributed by atoms with Crippen molar-refractivity contribution in [1.82, 2.24) is 9.80 Å². The molecule has 1 saturated heterocycles. The molecule has 0 radical (unpaired) electrons. The second-order valence-corrected chi connectivity index (χ2v) is 6.74. The van der Waals surface area contributed by atoms with Crippen LogP contribution in [0.5, 0.6) is 5.75 Å². The molecular weight excluding hydrogens is 331 g/mol. The topological polar surface area (TPSA) is 32.8 Å². The lowest BCUT2D eigenvalue weighted by Gasteiger charge is -2.34. The standard InChI is InChI=1S/C21H21FN2O2/c1-23-10-12-24(13-11-23)21(25)18-14-26-19-5-3-2-4-17(19)20(18)15-6-8-16(22)9-7-15/h2-9H,10-14H2,1H3. The molecule has 2 aliphatic rings. The van der Waals surface area contributed by atoms with E-state index in [9.17, 15) is 9.18 Å². The SMILES string of the molecule is CN1CCN(C(=O)C2=C(c3ccc(F)cc3)c3ccccc3OC2)CC1. The van der Waals surface area contributed by atoms with Crippen LogP contribution < -0.4 is 4.74 Å². The van der Waals surface area contributed by atoms with E-state index in [1.54, 1.807) is 12.1 Å². The van der Waals surface area contributed by atoms with E-state index >= 15 is 0 Å². The van der Waals surface area contributed by atoms with E-state index in [4.69, 9.17) is 4.74 Å². The zero-order valence-corrected chi connectivity index (χ0v) is 14.7. The van der Waals surface area contributed by atoms with Gasteiger partial charge >= 0.3 is 0 Å². The molecule has 2 aromatic rings. The smallest absolute Gasteiger partial charge is 0.253 e. The summed E-state index contributed by atoms with van der Waals surface area (Å²) in [5.41, 5.74) is 3.19. The number of fused-ring (bicyclic) bond motifs is 1. The zero-order chi connectivity index (χ0) is 18.1. The Morgan fingerprint density at radius 1 is 1.00 bits per heavy atom. The molecule has 0 aliphatic carbocycles. The first-order valence-corrected chi connectivity index (χ1v) is 8.82. The molecule has 1 amide bonds. The molecule has 0 atom stereocenters. The van der Waals surface area contributed by atoms with E-state index in [-0.39, 0.29) is 18.3 Å². The molecule has 4 rings (SSSR count). The highest BCUT2D eigenvalue weighted by Crippen LogP contribution is 2.37. The molecule has 0 spiro atoms. The third kappa shape index (κ3) is 3.10. The van der Waals surface area contributed by atoms with Gasteiger partial charge in [-0.15, -0.1) is 0 Å². The monoisotopic (exact) mass is 352 g/mol. The second kappa shape index (κ2) is 6.92. The maximum Gasteiger partial charge on any atom is 0.253 e. The number of carbonyl (C=O) groups excluding carboxylic acids is 1. The third-order valence-corrected chi connectivity index (χ3v) is 5.01. The van der Waals surface area contributed by atoms with Gasteiger partial charge in [0, 0.05) is 37.3 Å². The molecule has 0 aromatic heterocycles. The Balaban J connectivity index is 1.79. The van der Waals surface area contributed by atoms with Gasteiger partial charge in [-0.25, -0.2) is 4.39 Å². The maximum atomic E-state index is 13.4. The molecule has 2 heterocycles. The number of hydrogen-bond donors (Lipinski definition) is 0. The maximum absolute atomic E-state index is 13.4. The molecule has 0 unspecified atom stereocenters. The summed E-state index contributed by atoms with van der Waals surface area (Å²) < 4.78 is 19.3. The molecule has 0 saturated carbocycles. The van der Waals surface area contributed by atoms with Crippen LogP contribution in [0, 0.1) is 5.82 Å². The van der Waals surface area contributed by atoms with Crippen LogP contribution >= 0.6 is 0 Å². The van der Waals surface area contributed by atoms with Crippen LogP contribution in [0.3, 0.4) is 0 Å². The van der Waals surface area contributed by atoms with E-state index in [1.165, 1.54) is 12.1 Å². The van der Waals surface area contributed by atoms with Crippen molar-refractivity contribution in [2.24, 2.45) is 0 Å². The van der Waals surface area contributed by atoms with Crippen molar-refractivity contribution in [1.29, 1.82) is 0 Å². The van der Waals surface area contributed by atoms with Crippen molar-refractivity contribution in [2.45, 2.75) is 0 Å². The van der Waals surface area contributed by atoms with E-state index < -0.39 is 0 Å². The van der Waals surface area contributed by atoms with Crippen LogP contribution in [-0.2, 0) is 4.79 Å². The molecular formula is C21H21FN2O2. The number of benzene rings is 2. The number of amides is 1. The van der Waals surface area contributed by atoms with Crippen molar-refractivity contribution in [3.8, 4) is 5.75 Å². The predicted molar refractivity (Wildman–Crippen MR) is 98.4 cm³/mol. The Labute approximate surface area is 152 Å². The molecule has 1 fully saturated rings. The van der Waals surface area contributed by atoms with Crippen molar-refractivity contribution >= 4 is 11.5 Å². The van der Waals surface area contributed by atoms with Crippen LogP contribution in [-0.4, -0.2) is 55.5 Å². The summed E-state index contributed by atoms with van der Waals surface area (Å²) in [6.07, 6.45) is 0. The summed E-state index contributed by atoms with van der Waals surface area (Å²) in [6.45, 7) is 3.37. The van der Waals surface area contributed by atoms with Gasteiger partial charge in [-0.3, -0.25) is 4.79 Å². The summed E-state index contributed by atoms with van der Waals surface area (Å²) in [7, 11) is 2.06. The van der Waals surface area contributed by atoms with Gasteiger partial charge in [0.05, 0.1) is 5.57 Å². The molecule has 134 valence electrons. The fourth-order valence-corrected chi connectivity index (χ4v) is 3.50. The van der Waals surface area contributed by atoms with Crippen LogP contribution in [0.1, 0.15) is 11.1 Å². The van der Waals surface area contributed by atoms with E-state index in [1.807, 2.05) is 29.2 Å². The quantitative estimate of drug-likeness (QED) is 0.833. The molecule has 2 aliphatic heterocycles. The first kappa shape index (κ1) is 16.8. The molecule has 2 aromatic carbocycles. The predicted octanol–water partition coefficient (Wildman–Crippen LogP) is 2.79. The molecule has 26 heavy (non-hydrogen) atoms. The van der Waals surface area contributed by atoms with Gasteiger partial charge in [-0.2, -0.15) is 0 Å². The highest BCUT2D eigenvalue weighted by atomic mass is 19.1. The van der Waals surface area contributed by atoms with Crippen LogP contribution in [0.15, 0.2) is 54.1 Å². The van der Waals surface area contributed by atoms with Gasteiger partial charge in [-0.1, -0.05) is 30.3 Å². The number of likely N-dealkylation sites (N-methyl/N-ethyl adjacent to an activating group) is 1. The summed E-state index contributed by atoms with van der Waals surface area (Å²) in [5.74, 6) is 0.468. The molecule has 4 nitrogen and oxygen atoms in total. The first-order chi connectivity index (χ1) is 12.6. The summed E-state index contributed by atoms with van der Waals surface area (Å²) in [4.78, 5) is 17.3. The van der Waals surface area contributed by atoms with Gasteiger partial charge in [0.2, 0.25) is 0 Å². The second-order valence-electron chi connectivity index (χ2n) is 6.74. The van der Waals surface area contributed by atoms with E-state index in [2.05, 4.69) is 11.9 Å². The number of ether oxygens (including phenoxy) is 1. The van der Waals surface area contributed by atoms with Gasteiger partial charge in [0.1, 0.15) is 18.2 Å². The van der Waals surface area contributed by atoms with E-state index in [0.717, 1.165) is 35.5 Å². The zero-order valence-electron chi connectivity index (χ0n) is 14.7. The number of carbonyl (C=O) groups is 1. The average molecular weight is 352 g/mol. The number of hydrogen-bond acceptors (Lipinski definition) is 3. The minimum Gasteiger partial charge on any atom is -0.488 e. The largest absolute Gasteiger partial charge is 0.488 e. The molecule has 5 heteroatoms. The lowest BCUT2D eigenvalue weighted by Crippen LogP contribution is -2.48. The Morgan fingerprint density at radius 3 is 2.42 bits per heavy atom. The van der Waals surface area contributed by atoms with Crippen LogP contribution in [0.25, 0.3) is 5.57 Å². The van der Waals surface area contributed by atoms with Gasteiger partial charge in [-0.05, 0) is 30.8 Å². The number of nitrogens with zero attached hydrogens (tertiary/aromatic N) is 2. The Bertz CT molecular complexity index is 853. The van der Waals surface area contributed by atoms with Gasteiger partial charge < -0.3 is 14.5 Å². The van der Waals surface area contributed by atoms with Crippen molar-refractivity contribution in [3.05, 3.63) is 71.0 Å². The normalized spacial score (nSPS) is 17.7. The Morgan fingerprint density at radius 2 is 1.69 bits per heavy atom. The lowest BCUT2D eigenvalue weighted by atomic mass is 9.90. The highest BCUT2D eigenvalue weighted by Gasteiger charge is 2.29. The third-order valence-electron chi connectivity index (χ3n) is 5.01. The van der Waals surface area contributed by atoms with Gasteiger partial charge in [0.25, 0.3) is 5.91 Å². The Kier molecular flexibility index (Phi) is 4.47. The summed E-state index contributed by atoms with van der Waals surface area (Å²) in [5, 5.41) is 0. The van der Waals surface area contributed by atoms with Crippen LogP contribution in [0.4, 0.5) is 4.39 Å². The number of piperazine rings is 1. The minimum atomic E-state index is -0.290. The number of halogens is 1. The number of rotatable bonds is 2. The molecule has 0 bridgehead atoms.